The molecule has 19 heavy (non-hydrogen) atoms. The van der Waals surface area contributed by atoms with Gasteiger partial charge in [0, 0.05) is 6.54 Å². The summed E-state index contributed by atoms with van der Waals surface area (Å²) in [4.78, 5) is 4.29. The summed E-state index contributed by atoms with van der Waals surface area (Å²) in [7, 11) is 0. The van der Waals surface area contributed by atoms with E-state index in [0.717, 1.165) is 42.2 Å². The minimum atomic E-state index is 0.295. The zero-order valence-corrected chi connectivity index (χ0v) is 11.1. The second-order valence-corrected chi connectivity index (χ2v) is 4.69. The fraction of sp³-hybridized carbons (Fsp3) is 0.357. The smallest absolute Gasteiger partial charge is 0.341 e. The molecule has 1 aliphatic rings. The molecule has 0 fully saturated rings. The molecule has 98 valence electrons. The molecule has 0 bridgehead atoms. The highest BCUT2D eigenvalue weighted by atomic mass is 16.5. The van der Waals surface area contributed by atoms with Crippen LogP contribution in [0.1, 0.15) is 23.4 Å². The summed E-state index contributed by atoms with van der Waals surface area (Å²) in [6.07, 6.45) is 2.23. The number of hydrogen-bond donors (Lipinski definition) is 1. The maximum absolute atomic E-state index is 5.77. The van der Waals surface area contributed by atoms with Gasteiger partial charge in [0.25, 0.3) is 0 Å². The number of hydrogen-bond acceptors (Lipinski definition) is 5. The number of aromatic nitrogens is 3. The monoisotopic (exact) mass is 256 g/mol. The van der Waals surface area contributed by atoms with Crippen molar-refractivity contribution in [3.63, 3.8) is 0 Å². The van der Waals surface area contributed by atoms with Crippen LogP contribution in [0.3, 0.4) is 0 Å². The minimum absolute atomic E-state index is 0.295. The Balaban J connectivity index is 1.92. The third-order valence-electron chi connectivity index (χ3n) is 3.31. The molecule has 0 unspecified atom stereocenters. The summed E-state index contributed by atoms with van der Waals surface area (Å²) in [5, 5.41) is 11.4. The molecular weight excluding hydrogens is 240 g/mol. The number of ether oxygens (including phenoxy) is 1. The summed E-state index contributed by atoms with van der Waals surface area (Å²) in [6.45, 7) is 4.75. The van der Waals surface area contributed by atoms with Crippen LogP contribution in [0.2, 0.25) is 0 Å². The number of para-hydroxylation sites is 1. The van der Waals surface area contributed by atoms with Gasteiger partial charge in [0.2, 0.25) is 0 Å². The predicted molar refractivity (Wildman–Crippen MR) is 72.6 cm³/mol. The number of benzene rings is 1. The molecule has 0 saturated carbocycles. The Morgan fingerprint density at radius 1 is 1.16 bits per heavy atom. The SMILES string of the molecule is Cc1nnc(Oc2cccc3c2NCCC3)nc1C. The fourth-order valence-corrected chi connectivity index (χ4v) is 2.14. The first-order chi connectivity index (χ1) is 9.24. The molecule has 0 spiro atoms. The lowest BCUT2D eigenvalue weighted by atomic mass is 10.0. The first-order valence-corrected chi connectivity index (χ1v) is 6.45. The molecule has 0 radical (unpaired) electrons. The van der Waals surface area contributed by atoms with Crippen molar-refractivity contribution in [3.8, 4) is 11.8 Å². The summed E-state index contributed by atoms with van der Waals surface area (Å²) in [6, 6.07) is 6.34. The van der Waals surface area contributed by atoms with E-state index in [1.165, 1.54) is 5.56 Å². The highest BCUT2D eigenvalue weighted by Crippen LogP contribution is 2.33. The second kappa shape index (κ2) is 4.84. The van der Waals surface area contributed by atoms with Gasteiger partial charge in [0.15, 0.2) is 5.75 Å². The quantitative estimate of drug-likeness (QED) is 0.895. The Bertz CT molecular complexity index is 612. The number of aryl methyl sites for hydroxylation is 3. The Morgan fingerprint density at radius 2 is 2.05 bits per heavy atom. The van der Waals surface area contributed by atoms with Crippen molar-refractivity contribution in [2.45, 2.75) is 26.7 Å². The Kier molecular flexibility index (Phi) is 3.03. The lowest BCUT2D eigenvalue weighted by Crippen LogP contribution is -2.12. The molecule has 5 nitrogen and oxygen atoms in total. The summed E-state index contributed by atoms with van der Waals surface area (Å²) in [5.41, 5.74) is 3.99. The standard InChI is InChI=1S/C14H16N4O/c1-9-10(2)17-18-14(16-9)19-12-7-3-5-11-6-4-8-15-13(11)12/h3,5,7,15H,4,6,8H2,1-2H3. The van der Waals surface area contributed by atoms with Crippen LogP contribution in [0.15, 0.2) is 18.2 Å². The van der Waals surface area contributed by atoms with Gasteiger partial charge in [0.05, 0.1) is 17.1 Å². The lowest BCUT2D eigenvalue weighted by molar-refractivity contribution is 0.430. The molecule has 1 aliphatic heterocycles. The molecule has 0 amide bonds. The molecule has 2 aromatic rings. The third-order valence-corrected chi connectivity index (χ3v) is 3.31. The van der Waals surface area contributed by atoms with Gasteiger partial charge in [-0.2, -0.15) is 4.98 Å². The van der Waals surface area contributed by atoms with E-state index in [9.17, 15) is 0 Å². The minimum Gasteiger partial charge on any atom is -0.421 e. The normalized spacial score (nSPS) is 13.6. The van der Waals surface area contributed by atoms with Gasteiger partial charge in [-0.15, -0.1) is 5.10 Å². The molecule has 1 aromatic carbocycles. The van der Waals surface area contributed by atoms with Crippen molar-refractivity contribution in [1.29, 1.82) is 0 Å². The average molecular weight is 256 g/mol. The zero-order valence-electron chi connectivity index (χ0n) is 11.1. The van der Waals surface area contributed by atoms with Crippen LogP contribution in [0, 0.1) is 13.8 Å². The van der Waals surface area contributed by atoms with Crippen LogP contribution < -0.4 is 10.1 Å². The lowest BCUT2D eigenvalue weighted by Gasteiger charge is -2.20. The van der Waals surface area contributed by atoms with Crippen molar-refractivity contribution in [3.05, 3.63) is 35.2 Å². The van der Waals surface area contributed by atoms with Crippen LogP contribution in [0.25, 0.3) is 0 Å². The summed E-state index contributed by atoms with van der Waals surface area (Å²) >= 11 is 0. The van der Waals surface area contributed by atoms with Crippen LogP contribution >= 0.6 is 0 Å². The van der Waals surface area contributed by atoms with E-state index in [1.54, 1.807) is 0 Å². The van der Waals surface area contributed by atoms with E-state index in [0.29, 0.717) is 6.01 Å². The van der Waals surface area contributed by atoms with Crippen molar-refractivity contribution in [1.82, 2.24) is 15.2 Å². The van der Waals surface area contributed by atoms with E-state index >= 15 is 0 Å². The van der Waals surface area contributed by atoms with Crippen LogP contribution in [0.5, 0.6) is 11.8 Å². The predicted octanol–water partition coefficient (Wildman–Crippen LogP) is 2.64. The molecule has 0 aliphatic carbocycles. The Labute approximate surface area is 112 Å². The van der Waals surface area contributed by atoms with E-state index in [2.05, 4.69) is 26.6 Å². The van der Waals surface area contributed by atoms with Crippen LogP contribution in [-0.2, 0) is 6.42 Å². The van der Waals surface area contributed by atoms with Gasteiger partial charge in [-0.1, -0.05) is 17.2 Å². The summed E-state index contributed by atoms with van der Waals surface area (Å²) < 4.78 is 5.77. The molecule has 0 atom stereocenters. The van der Waals surface area contributed by atoms with Gasteiger partial charge in [-0.05, 0) is 38.3 Å². The van der Waals surface area contributed by atoms with Crippen molar-refractivity contribution >= 4 is 5.69 Å². The molecule has 1 N–H and O–H groups in total. The maximum Gasteiger partial charge on any atom is 0.341 e. The van der Waals surface area contributed by atoms with Gasteiger partial charge in [0.1, 0.15) is 0 Å². The summed E-state index contributed by atoms with van der Waals surface area (Å²) in [5.74, 6) is 0.766. The van der Waals surface area contributed by atoms with Crippen LogP contribution in [-0.4, -0.2) is 21.7 Å². The van der Waals surface area contributed by atoms with Gasteiger partial charge < -0.3 is 10.1 Å². The average Bonchev–Trinajstić information content (AvgIpc) is 2.43. The van der Waals surface area contributed by atoms with E-state index < -0.39 is 0 Å². The number of anilines is 1. The van der Waals surface area contributed by atoms with Crippen molar-refractivity contribution < 1.29 is 4.74 Å². The molecule has 2 heterocycles. The van der Waals surface area contributed by atoms with E-state index in [1.807, 2.05) is 26.0 Å². The number of fused-ring (bicyclic) bond motifs is 1. The highest BCUT2D eigenvalue weighted by molar-refractivity contribution is 5.63. The number of nitrogens with one attached hydrogen (secondary N) is 1. The third kappa shape index (κ3) is 2.36. The largest absolute Gasteiger partial charge is 0.421 e. The van der Waals surface area contributed by atoms with Crippen LogP contribution in [0.4, 0.5) is 5.69 Å². The van der Waals surface area contributed by atoms with Gasteiger partial charge >= 0.3 is 6.01 Å². The molecular formula is C14H16N4O. The van der Waals surface area contributed by atoms with Crippen molar-refractivity contribution in [2.24, 2.45) is 0 Å². The molecule has 5 heteroatoms. The Morgan fingerprint density at radius 3 is 2.89 bits per heavy atom. The maximum atomic E-state index is 5.77. The van der Waals surface area contributed by atoms with E-state index in [-0.39, 0.29) is 0 Å². The first kappa shape index (κ1) is 11.9. The fourth-order valence-electron chi connectivity index (χ4n) is 2.14. The molecule has 3 rings (SSSR count). The Hall–Kier alpha value is -2.17. The van der Waals surface area contributed by atoms with Crippen molar-refractivity contribution in [2.75, 3.05) is 11.9 Å². The first-order valence-electron chi connectivity index (χ1n) is 6.45. The second-order valence-electron chi connectivity index (χ2n) is 4.69. The zero-order chi connectivity index (χ0) is 13.2. The highest BCUT2D eigenvalue weighted by Gasteiger charge is 2.15. The number of rotatable bonds is 2. The van der Waals surface area contributed by atoms with Gasteiger partial charge in [-0.3, -0.25) is 0 Å². The van der Waals surface area contributed by atoms with Gasteiger partial charge in [-0.25, -0.2) is 0 Å². The molecule has 1 aromatic heterocycles. The molecule has 0 saturated heterocycles. The topological polar surface area (TPSA) is 59.9 Å². The van der Waals surface area contributed by atoms with E-state index in [4.69, 9.17) is 4.74 Å². The number of nitrogens with zero attached hydrogens (tertiary/aromatic N) is 3.